The topological polar surface area (TPSA) is 59.8 Å². The van der Waals surface area contributed by atoms with Crippen LogP contribution in [0.4, 0.5) is 0 Å². The van der Waals surface area contributed by atoms with Crippen LogP contribution in [0.5, 0.6) is 0 Å². The standard InChI is InChI=1S/C25H22N4O/c1-19-8-5-6-9-20(19)17-27-24(30)14-13-22-18-29(23-11-3-2-4-12-23)28-25(22)21-10-7-15-26-16-21/h2-16,18H,17H2,1H3,(H,27,30)/b14-13+. The number of carbonyl (C=O) groups is 1. The van der Waals surface area contributed by atoms with Crippen molar-refractivity contribution >= 4 is 12.0 Å². The predicted molar refractivity (Wildman–Crippen MR) is 119 cm³/mol. The summed E-state index contributed by atoms with van der Waals surface area (Å²) in [5, 5.41) is 7.67. The third-order valence-electron chi connectivity index (χ3n) is 4.83. The van der Waals surface area contributed by atoms with E-state index in [1.807, 2.05) is 84.5 Å². The molecule has 4 aromatic rings. The third kappa shape index (κ3) is 4.52. The van der Waals surface area contributed by atoms with E-state index in [1.54, 1.807) is 24.5 Å². The van der Waals surface area contributed by atoms with E-state index < -0.39 is 0 Å². The number of pyridine rings is 1. The maximum Gasteiger partial charge on any atom is 0.244 e. The molecule has 0 atom stereocenters. The maximum atomic E-state index is 12.4. The minimum atomic E-state index is -0.150. The predicted octanol–water partition coefficient (Wildman–Crippen LogP) is 4.57. The fraction of sp³-hybridized carbons (Fsp3) is 0.0800. The molecule has 0 radical (unpaired) electrons. The molecule has 1 N–H and O–H groups in total. The second-order valence-corrected chi connectivity index (χ2v) is 6.93. The van der Waals surface area contributed by atoms with Crippen molar-refractivity contribution in [2.45, 2.75) is 13.5 Å². The Morgan fingerprint density at radius 3 is 2.60 bits per heavy atom. The van der Waals surface area contributed by atoms with E-state index in [0.717, 1.165) is 33.6 Å². The molecule has 0 saturated heterocycles. The summed E-state index contributed by atoms with van der Waals surface area (Å²) < 4.78 is 1.81. The number of hydrogen-bond donors (Lipinski definition) is 1. The Labute approximate surface area is 175 Å². The Hall–Kier alpha value is -3.99. The van der Waals surface area contributed by atoms with Gasteiger partial charge in [0.1, 0.15) is 5.69 Å². The van der Waals surface area contributed by atoms with E-state index in [-0.39, 0.29) is 5.91 Å². The molecule has 0 saturated carbocycles. The Morgan fingerprint density at radius 2 is 1.83 bits per heavy atom. The maximum absolute atomic E-state index is 12.4. The summed E-state index contributed by atoms with van der Waals surface area (Å²) in [6.07, 6.45) is 8.76. The molecule has 0 aliphatic carbocycles. The lowest BCUT2D eigenvalue weighted by molar-refractivity contribution is -0.116. The molecule has 30 heavy (non-hydrogen) atoms. The number of nitrogens with one attached hydrogen (secondary N) is 1. The molecule has 0 bridgehead atoms. The summed E-state index contributed by atoms with van der Waals surface area (Å²) in [4.78, 5) is 16.6. The van der Waals surface area contributed by atoms with Crippen LogP contribution in [0.1, 0.15) is 16.7 Å². The molecule has 5 nitrogen and oxygen atoms in total. The first kappa shape index (κ1) is 19.3. The van der Waals surface area contributed by atoms with Crippen molar-refractivity contribution < 1.29 is 4.79 Å². The average Bonchev–Trinajstić information content (AvgIpc) is 3.23. The first-order valence-corrected chi connectivity index (χ1v) is 9.76. The van der Waals surface area contributed by atoms with E-state index in [4.69, 9.17) is 5.10 Å². The van der Waals surface area contributed by atoms with Crippen molar-refractivity contribution in [1.82, 2.24) is 20.1 Å². The molecule has 0 unspecified atom stereocenters. The van der Waals surface area contributed by atoms with Gasteiger partial charge in [-0.05, 0) is 48.4 Å². The fourth-order valence-electron chi connectivity index (χ4n) is 3.16. The summed E-state index contributed by atoms with van der Waals surface area (Å²) >= 11 is 0. The number of benzene rings is 2. The third-order valence-corrected chi connectivity index (χ3v) is 4.83. The molecule has 5 heteroatoms. The van der Waals surface area contributed by atoms with Crippen LogP contribution in [0.25, 0.3) is 23.0 Å². The number of carbonyl (C=O) groups excluding carboxylic acids is 1. The number of nitrogens with zero attached hydrogens (tertiary/aromatic N) is 3. The Balaban J connectivity index is 1.57. The van der Waals surface area contributed by atoms with Crippen LogP contribution in [0.3, 0.4) is 0 Å². The molecule has 148 valence electrons. The Kier molecular flexibility index (Phi) is 5.80. The first-order chi connectivity index (χ1) is 14.7. The van der Waals surface area contributed by atoms with E-state index in [0.29, 0.717) is 6.54 Å². The van der Waals surface area contributed by atoms with Crippen LogP contribution in [-0.4, -0.2) is 20.7 Å². The minimum absolute atomic E-state index is 0.150. The second kappa shape index (κ2) is 9.01. The molecule has 0 fully saturated rings. The quantitative estimate of drug-likeness (QED) is 0.487. The van der Waals surface area contributed by atoms with Crippen molar-refractivity contribution in [1.29, 1.82) is 0 Å². The molecule has 1 amide bonds. The number of aromatic nitrogens is 3. The van der Waals surface area contributed by atoms with E-state index in [9.17, 15) is 4.79 Å². The number of amides is 1. The normalized spacial score (nSPS) is 11.0. The highest BCUT2D eigenvalue weighted by Crippen LogP contribution is 2.24. The SMILES string of the molecule is Cc1ccccc1CNC(=O)/C=C/c1cn(-c2ccccc2)nc1-c1cccnc1. The van der Waals surface area contributed by atoms with E-state index >= 15 is 0 Å². The Bertz CT molecular complexity index is 1160. The highest BCUT2D eigenvalue weighted by atomic mass is 16.1. The zero-order chi connectivity index (χ0) is 20.8. The number of para-hydroxylation sites is 1. The van der Waals surface area contributed by atoms with Crippen molar-refractivity contribution in [2.75, 3.05) is 0 Å². The summed E-state index contributed by atoms with van der Waals surface area (Å²) in [6.45, 7) is 2.53. The summed E-state index contributed by atoms with van der Waals surface area (Å²) in [6, 6.07) is 21.7. The molecule has 0 aliphatic heterocycles. The van der Waals surface area contributed by atoms with Gasteiger partial charge in [-0.3, -0.25) is 9.78 Å². The second-order valence-electron chi connectivity index (χ2n) is 6.93. The van der Waals surface area contributed by atoms with Gasteiger partial charge in [0.05, 0.1) is 5.69 Å². The number of hydrogen-bond acceptors (Lipinski definition) is 3. The molecule has 0 spiro atoms. The smallest absolute Gasteiger partial charge is 0.244 e. The summed E-state index contributed by atoms with van der Waals surface area (Å²) in [5.41, 5.74) is 5.73. The van der Waals surface area contributed by atoms with Gasteiger partial charge in [0, 0.05) is 42.3 Å². The molecule has 4 rings (SSSR count). The van der Waals surface area contributed by atoms with Crippen LogP contribution in [0, 0.1) is 6.92 Å². The average molecular weight is 394 g/mol. The molecular formula is C25H22N4O. The molecular weight excluding hydrogens is 372 g/mol. The fourth-order valence-corrected chi connectivity index (χ4v) is 3.16. The van der Waals surface area contributed by atoms with Gasteiger partial charge in [0.2, 0.25) is 5.91 Å². The zero-order valence-electron chi connectivity index (χ0n) is 16.7. The highest BCUT2D eigenvalue weighted by molar-refractivity contribution is 5.92. The van der Waals surface area contributed by atoms with Gasteiger partial charge in [-0.2, -0.15) is 5.10 Å². The lowest BCUT2D eigenvalue weighted by atomic mass is 10.1. The van der Waals surface area contributed by atoms with Gasteiger partial charge in [-0.25, -0.2) is 4.68 Å². The Morgan fingerprint density at radius 1 is 1.03 bits per heavy atom. The van der Waals surface area contributed by atoms with Crippen LogP contribution in [0.15, 0.2) is 91.4 Å². The van der Waals surface area contributed by atoms with Crippen molar-refractivity contribution in [2.24, 2.45) is 0 Å². The van der Waals surface area contributed by atoms with Gasteiger partial charge in [-0.1, -0.05) is 42.5 Å². The first-order valence-electron chi connectivity index (χ1n) is 9.76. The van der Waals surface area contributed by atoms with Gasteiger partial charge < -0.3 is 5.32 Å². The molecule has 0 aliphatic rings. The molecule has 2 aromatic heterocycles. The van der Waals surface area contributed by atoms with Gasteiger partial charge in [0.15, 0.2) is 0 Å². The van der Waals surface area contributed by atoms with Crippen molar-refractivity contribution in [3.63, 3.8) is 0 Å². The van der Waals surface area contributed by atoms with Crippen LogP contribution < -0.4 is 5.32 Å². The van der Waals surface area contributed by atoms with Crippen LogP contribution in [0.2, 0.25) is 0 Å². The van der Waals surface area contributed by atoms with Gasteiger partial charge in [-0.15, -0.1) is 0 Å². The highest BCUT2D eigenvalue weighted by Gasteiger charge is 2.11. The monoisotopic (exact) mass is 394 g/mol. The largest absolute Gasteiger partial charge is 0.348 e. The van der Waals surface area contributed by atoms with Crippen LogP contribution >= 0.6 is 0 Å². The van der Waals surface area contributed by atoms with Gasteiger partial charge in [0.25, 0.3) is 0 Å². The zero-order valence-corrected chi connectivity index (χ0v) is 16.7. The summed E-state index contributed by atoms with van der Waals surface area (Å²) in [5.74, 6) is -0.150. The number of aryl methyl sites for hydroxylation is 1. The minimum Gasteiger partial charge on any atom is -0.348 e. The lowest BCUT2D eigenvalue weighted by Gasteiger charge is -2.05. The number of rotatable bonds is 6. The molecule has 2 aromatic carbocycles. The van der Waals surface area contributed by atoms with Crippen molar-refractivity contribution in [3.05, 3.63) is 108 Å². The lowest BCUT2D eigenvalue weighted by Crippen LogP contribution is -2.20. The van der Waals surface area contributed by atoms with Gasteiger partial charge >= 0.3 is 0 Å². The van der Waals surface area contributed by atoms with E-state index in [1.165, 1.54) is 0 Å². The van der Waals surface area contributed by atoms with Crippen molar-refractivity contribution in [3.8, 4) is 16.9 Å². The summed E-state index contributed by atoms with van der Waals surface area (Å²) in [7, 11) is 0. The van der Waals surface area contributed by atoms with Crippen LogP contribution in [-0.2, 0) is 11.3 Å². The molecule has 2 heterocycles. The van der Waals surface area contributed by atoms with E-state index in [2.05, 4.69) is 10.3 Å².